The largest absolute Gasteiger partial charge is 0.257 e. The number of rotatable bonds is 3. The van der Waals surface area contributed by atoms with Crippen molar-refractivity contribution in [3.63, 3.8) is 0 Å². The maximum Gasteiger partial charge on any atom is 0.257 e. The van der Waals surface area contributed by atoms with E-state index in [1.54, 1.807) is 26.8 Å². The second-order valence-corrected chi connectivity index (χ2v) is 11.3. The number of aromatic nitrogens is 6. The summed E-state index contributed by atoms with van der Waals surface area (Å²) in [5.41, 5.74) is 3.22. The van der Waals surface area contributed by atoms with Crippen molar-refractivity contribution < 1.29 is 16.8 Å². The molecule has 0 bridgehead atoms. The molecule has 0 radical (unpaired) electrons. The van der Waals surface area contributed by atoms with Crippen molar-refractivity contribution in [2.24, 2.45) is 10.3 Å². The first-order valence-electron chi connectivity index (χ1n) is 9.14. The van der Waals surface area contributed by atoms with Crippen LogP contribution in [0.25, 0.3) is 11.3 Å². The summed E-state index contributed by atoms with van der Waals surface area (Å²) < 4.78 is 48.2. The fraction of sp³-hybridized carbons (Fsp3) is 0.294. The first-order valence-corrected chi connectivity index (χ1v) is 13.8. The summed E-state index contributed by atoms with van der Waals surface area (Å²) in [5, 5.41) is 19.1. The topological polar surface area (TPSA) is 181 Å². The average Bonchev–Trinajstić information content (AvgIpc) is 3.18. The van der Waals surface area contributed by atoms with Crippen molar-refractivity contribution in [1.29, 1.82) is 0 Å². The zero-order valence-corrected chi connectivity index (χ0v) is 21.4. The summed E-state index contributed by atoms with van der Waals surface area (Å²) in [6.07, 6.45) is 1.87. The minimum Gasteiger partial charge on any atom is -0.231 e. The first kappa shape index (κ1) is 25.3. The highest BCUT2D eigenvalue weighted by Gasteiger charge is 2.22. The van der Waals surface area contributed by atoms with Crippen molar-refractivity contribution in [1.82, 2.24) is 29.2 Å². The van der Waals surface area contributed by atoms with Gasteiger partial charge in [0, 0.05) is 0 Å². The average molecular weight is 533 g/mol. The summed E-state index contributed by atoms with van der Waals surface area (Å²) in [6.45, 7) is 6.78. The maximum atomic E-state index is 11.5. The molecule has 0 aliphatic rings. The molecule has 0 saturated heterocycles. The van der Waals surface area contributed by atoms with Crippen molar-refractivity contribution in [3.05, 3.63) is 39.8 Å². The third-order valence-electron chi connectivity index (χ3n) is 4.48. The fourth-order valence-corrected chi connectivity index (χ4v) is 5.55. The number of nitrogens with two attached hydrogens (primary N) is 2. The molecule has 16 heteroatoms. The van der Waals surface area contributed by atoms with Gasteiger partial charge < -0.3 is 0 Å². The van der Waals surface area contributed by atoms with Crippen LogP contribution in [0.2, 0.25) is 5.15 Å². The number of fused-ring (bicyclic) bond motifs is 2. The third-order valence-corrected chi connectivity index (χ3v) is 7.29. The number of thioether (sulfide) groups is 1. The van der Waals surface area contributed by atoms with E-state index in [4.69, 9.17) is 21.9 Å². The lowest BCUT2D eigenvalue weighted by Crippen LogP contribution is -2.17. The van der Waals surface area contributed by atoms with Gasteiger partial charge in [-0.15, -0.1) is 11.8 Å². The minimum absolute atomic E-state index is 0.0495. The Labute approximate surface area is 199 Å². The van der Waals surface area contributed by atoms with Crippen molar-refractivity contribution >= 4 is 54.7 Å². The molecule has 0 unspecified atom stereocenters. The maximum absolute atomic E-state index is 11.5. The molecule has 0 fully saturated rings. The molecule has 0 amide bonds. The summed E-state index contributed by atoms with van der Waals surface area (Å²) in [7, 11) is -7.70. The third kappa shape index (κ3) is 4.97. The van der Waals surface area contributed by atoms with E-state index in [1.165, 1.54) is 16.3 Å². The van der Waals surface area contributed by atoms with Gasteiger partial charge in [0.05, 0.1) is 11.4 Å². The number of halogens is 1. The Bertz CT molecular complexity index is 1610. The van der Waals surface area contributed by atoms with E-state index < -0.39 is 20.0 Å². The van der Waals surface area contributed by atoms with Crippen LogP contribution in [0.3, 0.4) is 0 Å². The van der Waals surface area contributed by atoms with Crippen LogP contribution in [0.4, 0.5) is 0 Å². The Morgan fingerprint density at radius 1 is 0.818 bits per heavy atom. The number of sulfonamides is 2. The lowest BCUT2D eigenvalue weighted by molar-refractivity contribution is 0.586. The van der Waals surface area contributed by atoms with E-state index in [-0.39, 0.29) is 15.2 Å². The Balaban J connectivity index is 0.000000186. The zero-order valence-electron chi connectivity index (χ0n) is 18.2. The Kier molecular flexibility index (Phi) is 6.76. The fourth-order valence-electron chi connectivity index (χ4n) is 3.20. The van der Waals surface area contributed by atoms with Crippen LogP contribution >= 0.6 is 23.4 Å². The Hall–Kier alpha value is -2.30. The van der Waals surface area contributed by atoms with Gasteiger partial charge in [-0.3, -0.25) is 0 Å². The molecule has 0 atom stereocenters. The SMILES string of the molecule is CSc1cc(C)c2nc(C)c(S(N)(=O)=O)n2n1.Cc1nc2c(C)cc(Cl)nn2c1S(N)(=O)=O. The highest BCUT2D eigenvalue weighted by atomic mass is 35.5. The number of primary sulfonamides is 2. The molecular weight excluding hydrogens is 512 g/mol. The molecule has 4 N–H and O–H groups in total. The van der Waals surface area contributed by atoms with Gasteiger partial charge in [0.2, 0.25) is 0 Å². The molecule has 0 saturated carbocycles. The number of hydrogen-bond acceptors (Lipinski definition) is 9. The molecular formula is C17H21ClN8O4S3. The van der Waals surface area contributed by atoms with Gasteiger partial charge in [0.1, 0.15) is 10.2 Å². The van der Waals surface area contributed by atoms with E-state index in [2.05, 4.69) is 20.2 Å². The number of imidazole rings is 2. The van der Waals surface area contributed by atoms with Crippen molar-refractivity contribution in [3.8, 4) is 0 Å². The lowest BCUT2D eigenvalue weighted by Gasteiger charge is -2.03. The molecule has 33 heavy (non-hydrogen) atoms. The summed E-state index contributed by atoms with van der Waals surface area (Å²) in [4.78, 5) is 8.29. The van der Waals surface area contributed by atoms with E-state index in [0.717, 1.165) is 20.7 Å². The molecule has 4 rings (SSSR count). The van der Waals surface area contributed by atoms with Gasteiger partial charge in [-0.1, -0.05) is 11.6 Å². The monoisotopic (exact) mass is 532 g/mol. The van der Waals surface area contributed by atoms with E-state index in [1.807, 2.05) is 19.2 Å². The van der Waals surface area contributed by atoms with E-state index in [0.29, 0.717) is 22.7 Å². The van der Waals surface area contributed by atoms with Crippen LogP contribution in [0, 0.1) is 27.7 Å². The summed E-state index contributed by atoms with van der Waals surface area (Å²) in [6, 6.07) is 3.47. The summed E-state index contributed by atoms with van der Waals surface area (Å²) in [5.74, 6) is 0. The van der Waals surface area contributed by atoms with Gasteiger partial charge in [0.15, 0.2) is 21.3 Å². The van der Waals surface area contributed by atoms with E-state index in [9.17, 15) is 16.8 Å². The molecule has 0 aliphatic heterocycles. The predicted molar refractivity (Wildman–Crippen MR) is 124 cm³/mol. The van der Waals surface area contributed by atoms with Gasteiger partial charge in [-0.25, -0.2) is 37.1 Å². The number of aryl methyl sites for hydroxylation is 4. The predicted octanol–water partition coefficient (Wildman–Crippen LogP) is 1.36. The van der Waals surface area contributed by atoms with E-state index >= 15 is 0 Å². The lowest BCUT2D eigenvalue weighted by atomic mass is 10.3. The molecule has 12 nitrogen and oxygen atoms in total. The minimum atomic E-state index is -3.87. The van der Waals surface area contributed by atoms with Crippen molar-refractivity contribution in [2.45, 2.75) is 42.8 Å². The second-order valence-electron chi connectivity index (χ2n) is 7.09. The Morgan fingerprint density at radius 2 is 1.24 bits per heavy atom. The molecule has 4 heterocycles. The zero-order chi connectivity index (χ0) is 24.9. The van der Waals surface area contributed by atoms with Crippen LogP contribution in [0.15, 0.2) is 27.2 Å². The van der Waals surface area contributed by atoms with Gasteiger partial charge in [-0.2, -0.15) is 19.2 Å². The molecule has 4 aromatic heterocycles. The standard InChI is InChI=1S/C9H12N4O2S2.C8H9ClN4O2S/c1-5-4-7(16-3)12-13-8(5)11-6(2)9(13)17(10,14)15;1-4-3-6(9)12-13-7(4)11-5(2)8(13)16(10,14)15/h4H,1-3H3,(H2,10,14,15);3H,1-2H3,(H2,10,14,15). The Morgan fingerprint density at radius 3 is 1.67 bits per heavy atom. The van der Waals surface area contributed by atoms with Gasteiger partial charge >= 0.3 is 0 Å². The second kappa shape index (κ2) is 8.81. The first-order chi connectivity index (χ1) is 15.1. The normalized spacial score (nSPS) is 12.2. The number of hydrogen-bond donors (Lipinski definition) is 2. The highest BCUT2D eigenvalue weighted by Crippen LogP contribution is 2.22. The van der Waals surface area contributed by atoms with Crippen LogP contribution in [-0.2, 0) is 20.0 Å². The van der Waals surface area contributed by atoms with Crippen LogP contribution in [0.1, 0.15) is 22.5 Å². The molecule has 0 aliphatic carbocycles. The number of nitrogens with zero attached hydrogens (tertiary/aromatic N) is 6. The van der Waals surface area contributed by atoms with Gasteiger partial charge in [0.25, 0.3) is 20.0 Å². The highest BCUT2D eigenvalue weighted by molar-refractivity contribution is 7.98. The van der Waals surface area contributed by atoms with Gasteiger partial charge in [-0.05, 0) is 57.2 Å². The van der Waals surface area contributed by atoms with Crippen LogP contribution < -0.4 is 10.3 Å². The molecule has 0 aromatic carbocycles. The van der Waals surface area contributed by atoms with Crippen molar-refractivity contribution in [2.75, 3.05) is 6.26 Å². The van der Waals surface area contributed by atoms with Crippen LogP contribution in [-0.4, -0.2) is 52.3 Å². The smallest absolute Gasteiger partial charge is 0.231 e. The molecule has 178 valence electrons. The summed E-state index contributed by atoms with van der Waals surface area (Å²) >= 11 is 7.19. The molecule has 4 aromatic rings. The van der Waals surface area contributed by atoms with Crippen LogP contribution in [0.5, 0.6) is 0 Å². The quantitative estimate of drug-likeness (QED) is 0.368. The molecule has 0 spiro atoms.